The number of ether oxygens (including phenoxy) is 1. The van der Waals surface area contributed by atoms with Crippen LogP contribution in [-0.4, -0.2) is 71.9 Å². The molecule has 0 fully saturated rings. The Morgan fingerprint density at radius 2 is 1.48 bits per heavy atom. The molecule has 4 amide bonds. The van der Waals surface area contributed by atoms with E-state index >= 15 is 0 Å². The molecule has 0 heterocycles. The summed E-state index contributed by atoms with van der Waals surface area (Å²) in [7, 11) is 0. The van der Waals surface area contributed by atoms with Crippen LogP contribution in [0.1, 0.15) is 52.5 Å². The molecule has 0 aromatic heterocycles. The van der Waals surface area contributed by atoms with Crippen LogP contribution in [0.25, 0.3) is 0 Å². The maximum Gasteiger partial charge on any atom is 0.407 e. The highest BCUT2D eigenvalue weighted by Gasteiger charge is 2.30. The second kappa shape index (κ2) is 18.5. The van der Waals surface area contributed by atoms with Crippen LogP contribution in [0.5, 0.6) is 0 Å². The average molecular weight is 646 g/mol. The van der Waals surface area contributed by atoms with Crippen molar-refractivity contribution in [2.45, 2.75) is 71.5 Å². The number of carbonyl (C=O) groups is 5. The number of hydrogen-bond acceptors (Lipinski definition) is 7. The number of carbonyl (C=O) groups excluding carboxylic acids is 4. The molecule has 224 valence electrons. The molecule has 1 rings (SSSR count). The summed E-state index contributed by atoms with van der Waals surface area (Å²) >= 11 is 7.59. The molecular weight excluding hydrogens is 604 g/mol. The number of benzene rings is 1. The number of aliphatic carboxylic acids is 1. The number of alkyl carbamates (subject to hydrolysis) is 1. The molecule has 3 atom stereocenters. The predicted molar refractivity (Wildman–Crippen MR) is 158 cm³/mol. The minimum absolute atomic E-state index is 0.00771. The normalized spacial score (nSPS) is 13.2. The Kier molecular flexibility index (Phi) is 16.3. The second-order valence-corrected chi connectivity index (χ2v) is 11.5. The summed E-state index contributed by atoms with van der Waals surface area (Å²) in [5, 5.41) is 19.5. The number of hydrogen-bond donors (Lipinski definition) is 6. The standard InChI is InChI=1S/C27H41BrN4O7S/c1-16(2)13-21(30-25(36)20(9-10-23(33)34)32-27(38)39-14-17(3)4)26(37)31-22(15-40)24(35)29-12-11-18-5-7-19(28)8-6-18/h5-8,16-17,20-22,40H,9-15H2,1-4H3,(H,29,35)(H,30,36)(H,31,37)(H,32,38)(H,33,34)/t20-,21-,22-/m0/s1. The zero-order valence-electron chi connectivity index (χ0n) is 23.4. The predicted octanol–water partition coefficient (Wildman–Crippen LogP) is 2.67. The summed E-state index contributed by atoms with van der Waals surface area (Å²) in [6, 6.07) is 4.48. The molecule has 0 saturated carbocycles. The van der Waals surface area contributed by atoms with E-state index in [0.29, 0.717) is 13.0 Å². The number of nitrogens with one attached hydrogen (secondary N) is 4. The van der Waals surface area contributed by atoms with Crippen LogP contribution < -0.4 is 21.3 Å². The first-order valence-corrected chi connectivity index (χ1v) is 14.6. The third-order valence-electron chi connectivity index (χ3n) is 5.59. The van der Waals surface area contributed by atoms with E-state index in [1.54, 1.807) is 0 Å². The first-order chi connectivity index (χ1) is 18.8. The van der Waals surface area contributed by atoms with Gasteiger partial charge in [0, 0.05) is 23.2 Å². The van der Waals surface area contributed by atoms with Crippen LogP contribution in [0.15, 0.2) is 28.7 Å². The van der Waals surface area contributed by atoms with Crippen LogP contribution in [0.2, 0.25) is 0 Å². The van der Waals surface area contributed by atoms with E-state index in [9.17, 15) is 24.0 Å². The first-order valence-electron chi connectivity index (χ1n) is 13.2. The van der Waals surface area contributed by atoms with Gasteiger partial charge in [-0.1, -0.05) is 55.8 Å². The molecule has 0 bridgehead atoms. The Bertz CT molecular complexity index is 992. The largest absolute Gasteiger partial charge is 0.481 e. The number of carboxylic acid groups (broad SMARTS) is 1. The molecule has 0 saturated heterocycles. The van der Waals surface area contributed by atoms with Crippen molar-refractivity contribution in [2.75, 3.05) is 18.9 Å². The van der Waals surface area contributed by atoms with Crippen molar-refractivity contribution in [1.82, 2.24) is 21.3 Å². The van der Waals surface area contributed by atoms with Crippen molar-refractivity contribution in [3.05, 3.63) is 34.3 Å². The Labute approximate surface area is 249 Å². The number of amides is 4. The molecule has 0 radical (unpaired) electrons. The van der Waals surface area contributed by atoms with Gasteiger partial charge in [-0.15, -0.1) is 0 Å². The van der Waals surface area contributed by atoms with Gasteiger partial charge >= 0.3 is 12.1 Å². The van der Waals surface area contributed by atoms with Crippen molar-refractivity contribution in [2.24, 2.45) is 11.8 Å². The SMILES string of the molecule is CC(C)COC(=O)N[C@@H](CCC(=O)O)C(=O)N[C@@H](CC(C)C)C(=O)N[C@@H](CS)C(=O)NCCc1ccc(Br)cc1. The molecule has 0 aliphatic heterocycles. The van der Waals surface area contributed by atoms with E-state index < -0.39 is 47.9 Å². The minimum Gasteiger partial charge on any atom is -0.481 e. The molecule has 11 nitrogen and oxygen atoms in total. The minimum atomic E-state index is -1.24. The van der Waals surface area contributed by atoms with E-state index in [2.05, 4.69) is 49.8 Å². The highest BCUT2D eigenvalue weighted by atomic mass is 79.9. The molecule has 40 heavy (non-hydrogen) atoms. The lowest BCUT2D eigenvalue weighted by atomic mass is 10.0. The highest BCUT2D eigenvalue weighted by molar-refractivity contribution is 9.10. The average Bonchev–Trinajstić information content (AvgIpc) is 2.88. The molecule has 0 aliphatic carbocycles. The monoisotopic (exact) mass is 644 g/mol. The first kappa shape index (κ1) is 35.2. The lowest BCUT2D eigenvalue weighted by Crippen LogP contribution is -2.57. The Morgan fingerprint density at radius 1 is 0.875 bits per heavy atom. The molecular formula is C27H41BrN4O7S. The zero-order valence-corrected chi connectivity index (χ0v) is 25.8. The van der Waals surface area contributed by atoms with Gasteiger partial charge in [0.25, 0.3) is 0 Å². The quantitative estimate of drug-likeness (QED) is 0.142. The van der Waals surface area contributed by atoms with Gasteiger partial charge in [0.15, 0.2) is 0 Å². The second-order valence-electron chi connectivity index (χ2n) is 10.2. The molecule has 1 aromatic rings. The van der Waals surface area contributed by atoms with Gasteiger partial charge < -0.3 is 31.1 Å². The van der Waals surface area contributed by atoms with Crippen molar-refractivity contribution < 1.29 is 33.8 Å². The number of halogens is 1. The van der Waals surface area contributed by atoms with E-state index in [1.165, 1.54) is 0 Å². The van der Waals surface area contributed by atoms with Crippen molar-refractivity contribution >= 4 is 58.3 Å². The van der Waals surface area contributed by atoms with Gasteiger partial charge in [0.2, 0.25) is 17.7 Å². The Balaban J connectivity index is 2.84. The number of rotatable bonds is 17. The molecule has 0 spiro atoms. The summed E-state index contributed by atoms with van der Waals surface area (Å²) < 4.78 is 6.01. The van der Waals surface area contributed by atoms with Crippen molar-refractivity contribution in [1.29, 1.82) is 0 Å². The Hall–Kier alpha value is -2.80. The van der Waals surface area contributed by atoms with Gasteiger partial charge in [-0.2, -0.15) is 12.6 Å². The summed E-state index contributed by atoms with van der Waals surface area (Å²) in [6.45, 7) is 7.89. The van der Waals surface area contributed by atoms with Crippen molar-refractivity contribution in [3.8, 4) is 0 Å². The lowest BCUT2D eigenvalue weighted by molar-refractivity contribution is -0.137. The number of carboxylic acids is 1. The molecule has 1 aromatic carbocycles. The van der Waals surface area contributed by atoms with Crippen LogP contribution in [0.4, 0.5) is 4.79 Å². The van der Waals surface area contributed by atoms with E-state index in [-0.39, 0.29) is 43.5 Å². The smallest absolute Gasteiger partial charge is 0.407 e. The topological polar surface area (TPSA) is 163 Å². The molecule has 13 heteroatoms. The van der Waals surface area contributed by atoms with E-state index in [4.69, 9.17) is 9.84 Å². The van der Waals surface area contributed by atoms with Gasteiger partial charge in [-0.05, 0) is 48.8 Å². The summed E-state index contributed by atoms with van der Waals surface area (Å²) in [4.78, 5) is 62.2. The van der Waals surface area contributed by atoms with Gasteiger partial charge in [-0.25, -0.2) is 4.79 Å². The fourth-order valence-electron chi connectivity index (χ4n) is 3.51. The maximum absolute atomic E-state index is 13.2. The van der Waals surface area contributed by atoms with Crippen LogP contribution in [0.3, 0.4) is 0 Å². The van der Waals surface area contributed by atoms with Gasteiger partial charge in [0.05, 0.1) is 6.61 Å². The molecule has 0 unspecified atom stereocenters. The zero-order chi connectivity index (χ0) is 30.2. The van der Waals surface area contributed by atoms with E-state index in [1.807, 2.05) is 52.0 Å². The number of thiol groups is 1. The van der Waals surface area contributed by atoms with Gasteiger partial charge in [-0.3, -0.25) is 19.2 Å². The fraction of sp³-hybridized carbons (Fsp3) is 0.593. The maximum atomic E-state index is 13.2. The third-order valence-corrected chi connectivity index (χ3v) is 6.48. The third kappa shape index (κ3) is 14.5. The Morgan fingerprint density at radius 3 is 2.02 bits per heavy atom. The summed E-state index contributed by atoms with van der Waals surface area (Å²) in [5.74, 6) is -2.80. The molecule has 0 aliphatic rings. The summed E-state index contributed by atoms with van der Waals surface area (Å²) in [6.07, 6.45) is -0.604. The van der Waals surface area contributed by atoms with Crippen LogP contribution in [0, 0.1) is 11.8 Å². The lowest BCUT2D eigenvalue weighted by Gasteiger charge is -2.25. The summed E-state index contributed by atoms with van der Waals surface area (Å²) in [5.41, 5.74) is 1.04. The van der Waals surface area contributed by atoms with Crippen LogP contribution >= 0.6 is 28.6 Å². The fourth-order valence-corrected chi connectivity index (χ4v) is 4.03. The highest BCUT2D eigenvalue weighted by Crippen LogP contribution is 2.11. The molecule has 5 N–H and O–H groups in total. The van der Waals surface area contributed by atoms with Crippen LogP contribution in [-0.2, 0) is 30.3 Å². The van der Waals surface area contributed by atoms with Crippen molar-refractivity contribution in [3.63, 3.8) is 0 Å². The van der Waals surface area contributed by atoms with E-state index in [0.717, 1.165) is 10.0 Å². The van der Waals surface area contributed by atoms with Gasteiger partial charge in [0.1, 0.15) is 18.1 Å².